The van der Waals surface area contributed by atoms with Crippen LogP contribution in [0.15, 0.2) is 58.8 Å². The minimum Gasteiger partial charge on any atom is -0.494 e. The van der Waals surface area contributed by atoms with Gasteiger partial charge >= 0.3 is 0 Å². The number of ether oxygens (including phenoxy) is 3. The molecule has 0 unspecified atom stereocenters. The first-order valence-electron chi connectivity index (χ1n) is 7.95. The first-order chi connectivity index (χ1) is 12.8. The van der Waals surface area contributed by atoms with Gasteiger partial charge in [-0.3, -0.25) is 0 Å². The maximum Gasteiger partial charge on any atom is 0.119 e. The van der Waals surface area contributed by atoms with Gasteiger partial charge in [-0.25, -0.2) is 0 Å². The monoisotopic (exact) mass is 354 g/mol. The smallest absolute Gasteiger partial charge is 0.119 e. The Labute approximate surface area is 150 Å². The van der Waals surface area contributed by atoms with Crippen molar-refractivity contribution >= 4 is 11.4 Å². The van der Waals surface area contributed by atoms with Gasteiger partial charge < -0.3 is 14.2 Å². The summed E-state index contributed by atoms with van der Waals surface area (Å²) < 4.78 is 16.6. The summed E-state index contributed by atoms with van der Waals surface area (Å²) in [7, 11) is 0. The average molecular weight is 354 g/mol. The second kappa shape index (κ2) is 11.2. The lowest BCUT2D eigenvalue weighted by molar-refractivity contribution is 0.0905. The van der Waals surface area contributed by atoms with E-state index in [0.717, 1.165) is 12.2 Å². The molecule has 0 spiro atoms. The summed E-state index contributed by atoms with van der Waals surface area (Å²) in [6.07, 6.45) is 0.749. The Morgan fingerprint density at radius 1 is 0.654 bits per heavy atom. The summed E-state index contributed by atoms with van der Waals surface area (Å²) in [5.74, 6) is 1.41. The maximum atomic E-state index is 8.34. The molecule has 2 aromatic rings. The fraction of sp³-hybridized carbons (Fsp3) is 0.294. The topological polar surface area (TPSA) is 125 Å². The van der Waals surface area contributed by atoms with E-state index in [0.29, 0.717) is 43.6 Å². The number of nitrogens with zero attached hydrogens (tertiary/aromatic N) is 6. The number of hydrogen-bond donors (Lipinski definition) is 0. The van der Waals surface area contributed by atoms with E-state index < -0.39 is 0 Å². The molecule has 0 saturated carbocycles. The van der Waals surface area contributed by atoms with Crippen molar-refractivity contribution in [2.24, 2.45) is 10.2 Å². The summed E-state index contributed by atoms with van der Waals surface area (Å²) in [6.45, 7) is 2.00. The molecular weight excluding hydrogens is 336 g/mol. The number of azide groups is 2. The van der Waals surface area contributed by atoms with Crippen molar-refractivity contribution in [1.82, 2.24) is 0 Å². The molecule has 0 aliphatic rings. The molecule has 0 N–H and O–H groups in total. The number of benzene rings is 2. The molecule has 134 valence electrons. The van der Waals surface area contributed by atoms with Crippen LogP contribution in [0.1, 0.15) is 6.42 Å². The molecule has 2 rings (SSSR count). The molecule has 0 saturated heterocycles. The number of rotatable bonds is 11. The molecule has 0 heterocycles. The lowest BCUT2D eigenvalue weighted by Crippen LogP contribution is -2.09. The first-order valence-corrected chi connectivity index (χ1v) is 7.95. The summed E-state index contributed by atoms with van der Waals surface area (Å²) in [5, 5.41) is 6.98. The van der Waals surface area contributed by atoms with Gasteiger partial charge in [-0.1, -0.05) is 10.2 Å². The van der Waals surface area contributed by atoms with E-state index in [1.165, 1.54) is 0 Å². The van der Waals surface area contributed by atoms with Crippen molar-refractivity contribution in [3.8, 4) is 11.5 Å². The molecule has 0 atom stereocenters. The Morgan fingerprint density at radius 2 is 1.15 bits per heavy atom. The van der Waals surface area contributed by atoms with Crippen molar-refractivity contribution in [3.63, 3.8) is 0 Å². The van der Waals surface area contributed by atoms with Gasteiger partial charge in [0.2, 0.25) is 0 Å². The van der Waals surface area contributed by atoms with Crippen LogP contribution in [0, 0.1) is 0 Å². The molecule has 26 heavy (non-hydrogen) atoms. The van der Waals surface area contributed by atoms with Crippen molar-refractivity contribution in [1.29, 1.82) is 0 Å². The van der Waals surface area contributed by atoms with Crippen LogP contribution in [0.4, 0.5) is 11.4 Å². The molecule has 0 fully saturated rings. The van der Waals surface area contributed by atoms with E-state index in [-0.39, 0.29) is 0 Å². The standard InChI is InChI=1S/C17H18N6O3/c18-22-20-14-2-6-16(7-3-14)25-11-1-10-24-12-13-26-17-8-4-15(5-9-17)21-23-19/h2-9H,1,10-13H2. The zero-order valence-corrected chi connectivity index (χ0v) is 14.1. The summed E-state index contributed by atoms with van der Waals surface area (Å²) >= 11 is 0. The van der Waals surface area contributed by atoms with E-state index in [1.807, 2.05) is 0 Å². The van der Waals surface area contributed by atoms with Crippen LogP contribution in [-0.2, 0) is 4.74 Å². The van der Waals surface area contributed by atoms with E-state index in [1.54, 1.807) is 48.5 Å². The van der Waals surface area contributed by atoms with Gasteiger partial charge in [0.25, 0.3) is 0 Å². The third-order valence-electron chi connectivity index (χ3n) is 3.19. The zero-order chi connectivity index (χ0) is 18.5. The number of hydrogen-bond acceptors (Lipinski definition) is 5. The quantitative estimate of drug-likeness (QED) is 0.231. The fourth-order valence-electron chi connectivity index (χ4n) is 1.99. The lowest BCUT2D eigenvalue weighted by Gasteiger charge is -2.08. The second-order valence-electron chi connectivity index (χ2n) is 5.03. The third kappa shape index (κ3) is 7.02. The highest BCUT2D eigenvalue weighted by molar-refractivity contribution is 5.41. The molecule has 9 heteroatoms. The van der Waals surface area contributed by atoms with Crippen LogP contribution in [0.25, 0.3) is 20.9 Å². The van der Waals surface area contributed by atoms with Crippen LogP contribution >= 0.6 is 0 Å². The zero-order valence-electron chi connectivity index (χ0n) is 14.1. The molecular formula is C17H18N6O3. The molecule has 2 aromatic carbocycles. The first kappa shape index (κ1) is 19.0. The largest absolute Gasteiger partial charge is 0.494 e. The molecule has 0 aliphatic heterocycles. The molecule has 0 aromatic heterocycles. The van der Waals surface area contributed by atoms with Gasteiger partial charge in [0.1, 0.15) is 18.1 Å². The molecule has 0 aliphatic carbocycles. The van der Waals surface area contributed by atoms with Crippen molar-refractivity contribution in [2.45, 2.75) is 6.42 Å². The highest BCUT2D eigenvalue weighted by Crippen LogP contribution is 2.19. The minimum absolute atomic E-state index is 0.433. The van der Waals surface area contributed by atoms with Gasteiger partial charge in [-0.05, 0) is 59.6 Å². The normalized spacial score (nSPS) is 9.69. The van der Waals surface area contributed by atoms with Gasteiger partial charge in [-0.15, -0.1) is 0 Å². The molecule has 9 nitrogen and oxygen atoms in total. The fourth-order valence-corrected chi connectivity index (χ4v) is 1.99. The molecule has 0 amide bonds. The Bertz CT molecular complexity index is 699. The van der Waals surface area contributed by atoms with E-state index in [4.69, 9.17) is 25.3 Å². The van der Waals surface area contributed by atoms with Crippen LogP contribution in [0.5, 0.6) is 11.5 Å². The van der Waals surface area contributed by atoms with E-state index in [2.05, 4.69) is 20.1 Å². The minimum atomic E-state index is 0.433. The second-order valence-corrected chi connectivity index (χ2v) is 5.03. The maximum absolute atomic E-state index is 8.34. The van der Waals surface area contributed by atoms with Crippen LogP contribution in [0.2, 0.25) is 0 Å². The highest BCUT2D eigenvalue weighted by Gasteiger charge is 1.97. The van der Waals surface area contributed by atoms with Gasteiger partial charge in [-0.2, -0.15) is 0 Å². The Kier molecular flexibility index (Phi) is 8.18. The van der Waals surface area contributed by atoms with Gasteiger partial charge in [0.05, 0.1) is 13.2 Å². The predicted octanol–water partition coefficient (Wildman–Crippen LogP) is 5.43. The van der Waals surface area contributed by atoms with Crippen LogP contribution in [0.3, 0.4) is 0 Å². The van der Waals surface area contributed by atoms with E-state index in [9.17, 15) is 0 Å². The summed E-state index contributed by atoms with van der Waals surface area (Å²) in [5.41, 5.74) is 17.8. The predicted molar refractivity (Wildman–Crippen MR) is 96.9 cm³/mol. The third-order valence-corrected chi connectivity index (χ3v) is 3.19. The van der Waals surface area contributed by atoms with E-state index >= 15 is 0 Å². The Hall–Kier alpha value is -3.38. The molecule has 0 radical (unpaired) electrons. The van der Waals surface area contributed by atoms with Gasteiger partial charge in [0, 0.05) is 34.2 Å². The van der Waals surface area contributed by atoms with Crippen LogP contribution in [-0.4, -0.2) is 26.4 Å². The SMILES string of the molecule is [N-]=[N+]=Nc1ccc(OCCCOCCOc2ccc(N=[N+]=[N-])cc2)cc1. The lowest BCUT2D eigenvalue weighted by atomic mass is 10.3. The Morgan fingerprint density at radius 3 is 1.65 bits per heavy atom. The van der Waals surface area contributed by atoms with Crippen molar-refractivity contribution in [3.05, 3.63) is 69.4 Å². The van der Waals surface area contributed by atoms with Crippen molar-refractivity contribution < 1.29 is 14.2 Å². The molecule has 0 bridgehead atoms. The summed E-state index contributed by atoms with van der Waals surface area (Å²) in [6, 6.07) is 13.8. The average Bonchev–Trinajstić information content (AvgIpc) is 2.67. The summed E-state index contributed by atoms with van der Waals surface area (Å²) in [4.78, 5) is 5.43. The highest BCUT2D eigenvalue weighted by atomic mass is 16.5. The van der Waals surface area contributed by atoms with Crippen molar-refractivity contribution in [2.75, 3.05) is 26.4 Å². The van der Waals surface area contributed by atoms with Gasteiger partial charge in [0.15, 0.2) is 0 Å². The van der Waals surface area contributed by atoms with Crippen LogP contribution < -0.4 is 9.47 Å². The Balaban J connectivity index is 1.52.